The normalized spacial score (nSPS) is 21.8. The molecule has 4 heteroatoms. The third-order valence-corrected chi connectivity index (χ3v) is 3.55. The van der Waals surface area contributed by atoms with Crippen LogP contribution in [0.1, 0.15) is 12.0 Å². The van der Waals surface area contributed by atoms with Gasteiger partial charge in [0.2, 0.25) is 0 Å². The van der Waals surface area contributed by atoms with E-state index in [-0.39, 0.29) is 0 Å². The fraction of sp³-hybridized carbons (Fsp3) is 0.692. The van der Waals surface area contributed by atoms with E-state index in [1.54, 1.807) is 0 Å². The lowest BCUT2D eigenvalue weighted by molar-refractivity contribution is 0.190. The molecule has 4 nitrogen and oxygen atoms in total. The molecule has 0 radical (unpaired) electrons. The number of hydrogen-bond donors (Lipinski definition) is 3. The van der Waals surface area contributed by atoms with Crippen LogP contribution in [-0.4, -0.2) is 55.7 Å². The number of H-pyrrole nitrogens is 1. The number of aromatic nitrogens is 1. The Morgan fingerprint density at radius 3 is 3.18 bits per heavy atom. The molecule has 1 aromatic rings. The van der Waals surface area contributed by atoms with Gasteiger partial charge in [0, 0.05) is 38.1 Å². The Morgan fingerprint density at radius 1 is 1.47 bits per heavy atom. The van der Waals surface area contributed by atoms with Gasteiger partial charge in [-0.25, -0.2) is 0 Å². The summed E-state index contributed by atoms with van der Waals surface area (Å²) in [5.41, 5.74) is 1.38. The molecule has 0 bridgehead atoms. The summed E-state index contributed by atoms with van der Waals surface area (Å²) < 4.78 is 0. The number of piperazine rings is 1. The van der Waals surface area contributed by atoms with E-state index in [0.717, 1.165) is 32.6 Å². The highest BCUT2D eigenvalue weighted by molar-refractivity contribution is 5.08. The van der Waals surface area contributed by atoms with Crippen molar-refractivity contribution < 1.29 is 0 Å². The standard InChI is InChI=1S/C13H24N4/c1-17-9-8-16-11-13(17)4-7-14-5-2-12-3-6-15-10-12/h3,6,10,13-16H,2,4-5,7-9,11H2,1H3. The molecule has 1 aliphatic rings. The van der Waals surface area contributed by atoms with Crippen LogP contribution in [0.25, 0.3) is 0 Å². The van der Waals surface area contributed by atoms with E-state index in [2.05, 4.69) is 39.8 Å². The number of nitrogens with one attached hydrogen (secondary N) is 3. The molecule has 0 saturated carbocycles. The second kappa shape index (κ2) is 6.79. The minimum absolute atomic E-state index is 0.698. The van der Waals surface area contributed by atoms with Crippen LogP contribution in [0.2, 0.25) is 0 Å². The van der Waals surface area contributed by atoms with E-state index in [1.807, 2.05) is 6.20 Å². The number of likely N-dealkylation sites (N-methyl/N-ethyl adjacent to an activating group) is 1. The average Bonchev–Trinajstić information content (AvgIpc) is 2.84. The highest BCUT2D eigenvalue weighted by atomic mass is 15.2. The Balaban J connectivity index is 1.53. The topological polar surface area (TPSA) is 43.1 Å². The zero-order valence-corrected chi connectivity index (χ0v) is 10.7. The smallest absolute Gasteiger partial charge is 0.0230 e. The number of rotatable bonds is 6. The first-order valence-electron chi connectivity index (χ1n) is 6.59. The number of nitrogens with zero attached hydrogens (tertiary/aromatic N) is 1. The van der Waals surface area contributed by atoms with E-state index in [0.29, 0.717) is 6.04 Å². The summed E-state index contributed by atoms with van der Waals surface area (Å²) in [6, 6.07) is 2.84. The van der Waals surface area contributed by atoms with Crippen LogP contribution < -0.4 is 10.6 Å². The first-order chi connectivity index (χ1) is 8.36. The molecule has 0 aliphatic carbocycles. The molecule has 0 spiro atoms. The Bertz CT molecular complexity index is 296. The summed E-state index contributed by atoms with van der Waals surface area (Å²) in [5.74, 6) is 0. The van der Waals surface area contributed by atoms with Crippen molar-refractivity contribution in [3.63, 3.8) is 0 Å². The lowest BCUT2D eigenvalue weighted by atomic mass is 10.1. The molecule has 1 atom stereocenters. The van der Waals surface area contributed by atoms with Crippen LogP contribution in [0.15, 0.2) is 18.5 Å². The fourth-order valence-electron chi connectivity index (χ4n) is 2.33. The van der Waals surface area contributed by atoms with Gasteiger partial charge in [-0.3, -0.25) is 0 Å². The largest absolute Gasteiger partial charge is 0.367 e. The van der Waals surface area contributed by atoms with E-state index >= 15 is 0 Å². The lowest BCUT2D eigenvalue weighted by Crippen LogP contribution is -2.50. The molecular formula is C13H24N4. The molecule has 1 fully saturated rings. The van der Waals surface area contributed by atoms with Gasteiger partial charge in [0.1, 0.15) is 0 Å². The molecule has 1 aliphatic heterocycles. The fourth-order valence-corrected chi connectivity index (χ4v) is 2.33. The van der Waals surface area contributed by atoms with E-state index in [1.165, 1.54) is 18.5 Å². The van der Waals surface area contributed by atoms with Gasteiger partial charge >= 0.3 is 0 Å². The maximum Gasteiger partial charge on any atom is 0.0230 e. The molecule has 0 amide bonds. The second-order valence-electron chi connectivity index (χ2n) is 4.85. The zero-order chi connectivity index (χ0) is 11.9. The van der Waals surface area contributed by atoms with Crippen LogP contribution in [0.3, 0.4) is 0 Å². The lowest BCUT2D eigenvalue weighted by Gasteiger charge is -2.33. The van der Waals surface area contributed by atoms with Gasteiger partial charge in [-0.2, -0.15) is 0 Å². The van der Waals surface area contributed by atoms with Crippen molar-refractivity contribution in [2.45, 2.75) is 18.9 Å². The average molecular weight is 236 g/mol. The first kappa shape index (κ1) is 12.6. The van der Waals surface area contributed by atoms with Crippen LogP contribution in [0.5, 0.6) is 0 Å². The molecule has 0 aromatic carbocycles. The minimum Gasteiger partial charge on any atom is -0.367 e. The predicted octanol–water partition coefficient (Wildman–Crippen LogP) is 0.441. The van der Waals surface area contributed by atoms with Crippen LogP contribution in [-0.2, 0) is 6.42 Å². The molecular weight excluding hydrogens is 212 g/mol. The summed E-state index contributed by atoms with van der Waals surface area (Å²) in [6.45, 7) is 5.63. The highest BCUT2D eigenvalue weighted by Gasteiger charge is 2.17. The van der Waals surface area contributed by atoms with E-state index < -0.39 is 0 Å². The quantitative estimate of drug-likeness (QED) is 0.628. The summed E-state index contributed by atoms with van der Waals surface area (Å²) >= 11 is 0. The summed E-state index contributed by atoms with van der Waals surface area (Å²) in [5, 5.41) is 6.98. The predicted molar refractivity (Wildman–Crippen MR) is 71.3 cm³/mol. The molecule has 2 rings (SSSR count). The van der Waals surface area contributed by atoms with Crippen molar-refractivity contribution in [3.8, 4) is 0 Å². The van der Waals surface area contributed by atoms with Gasteiger partial charge in [0.05, 0.1) is 0 Å². The molecule has 17 heavy (non-hydrogen) atoms. The summed E-state index contributed by atoms with van der Waals surface area (Å²) in [6.07, 6.45) is 6.40. The van der Waals surface area contributed by atoms with Crippen molar-refractivity contribution in [3.05, 3.63) is 24.0 Å². The van der Waals surface area contributed by atoms with E-state index in [4.69, 9.17) is 0 Å². The van der Waals surface area contributed by atoms with E-state index in [9.17, 15) is 0 Å². The van der Waals surface area contributed by atoms with Crippen molar-refractivity contribution in [2.75, 3.05) is 39.8 Å². The first-order valence-corrected chi connectivity index (χ1v) is 6.59. The van der Waals surface area contributed by atoms with Gasteiger partial charge in [-0.15, -0.1) is 0 Å². The number of aromatic amines is 1. The van der Waals surface area contributed by atoms with Gasteiger partial charge in [-0.05, 0) is 44.6 Å². The van der Waals surface area contributed by atoms with Gasteiger partial charge in [-0.1, -0.05) is 0 Å². The van der Waals surface area contributed by atoms with Gasteiger partial charge < -0.3 is 20.5 Å². The second-order valence-corrected chi connectivity index (χ2v) is 4.85. The summed E-state index contributed by atoms with van der Waals surface area (Å²) in [7, 11) is 2.23. The van der Waals surface area contributed by atoms with Crippen molar-refractivity contribution in [2.24, 2.45) is 0 Å². The van der Waals surface area contributed by atoms with Crippen LogP contribution in [0.4, 0.5) is 0 Å². The molecule has 96 valence electrons. The van der Waals surface area contributed by atoms with Crippen molar-refractivity contribution in [1.82, 2.24) is 20.5 Å². The Morgan fingerprint density at radius 2 is 2.41 bits per heavy atom. The number of hydrogen-bond acceptors (Lipinski definition) is 3. The molecule has 3 N–H and O–H groups in total. The Kier molecular flexibility index (Phi) is 5.04. The molecule has 2 heterocycles. The maximum absolute atomic E-state index is 3.52. The zero-order valence-electron chi connectivity index (χ0n) is 10.7. The summed E-state index contributed by atoms with van der Waals surface area (Å²) in [4.78, 5) is 5.55. The molecule has 1 aromatic heterocycles. The third kappa shape index (κ3) is 4.15. The minimum atomic E-state index is 0.698. The Labute approximate surface area is 104 Å². The Hall–Kier alpha value is -0.840. The van der Waals surface area contributed by atoms with Gasteiger partial charge in [0.25, 0.3) is 0 Å². The highest BCUT2D eigenvalue weighted by Crippen LogP contribution is 2.03. The van der Waals surface area contributed by atoms with Gasteiger partial charge in [0.15, 0.2) is 0 Å². The molecule has 1 saturated heterocycles. The van der Waals surface area contributed by atoms with Crippen molar-refractivity contribution >= 4 is 0 Å². The molecule has 1 unspecified atom stereocenters. The van der Waals surface area contributed by atoms with Crippen molar-refractivity contribution in [1.29, 1.82) is 0 Å². The van der Waals surface area contributed by atoms with Crippen LogP contribution >= 0.6 is 0 Å². The third-order valence-electron chi connectivity index (χ3n) is 3.55. The maximum atomic E-state index is 3.52. The monoisotopic (exact) mass is 236 g/mol. The van der Waals surface area contributed by atoms with Crippen LogP contribution in [0, 0.1) is 0 Å². The SMILES string of the molecule is CN1CCNCC1CCNCCc1cc[nH]c1.